The van der Waals surface area contributed by atoms with Gasteiger partial charge in [-0.15, -0.1) is 0 Å². The summed E-state index contributed by atoms with van der Waals surface area (Å²) >= 11 is 0. The van der Waals surface area contributed by atoms with Gasteiger partial charge in [0, 0.05) is 78.5 Å². The van der Waals surface area contributed by atoms with Crippen LogP contribution in [0.5, 0.6) is 0 Å². The van der Waals surface area contributed by atoms with Crippen LogP contribution in [0.3, 0.4) is 0 Å². The van der Waals surface area contributed by atoms with Crippen molar-refractivity contribution in [1.82, 2.24) is 19.6 Å². The summed E-state index contributed by atoms with van der Waals surface area (Å²) in [6, 6.07) is 22.0. The predicted octanol–water partition coefficient (Wildman–Crippen LogP) is 5.30. The van der Waals surface area contributed by atoms with Crippen molar-refractivity contribution in [3.8, 4) is 0 Å². The van der Waals surface area contributed by atoms with E-state index in [2.05, 4.69) is 80.3 Å². The van der Waals surface area contributed by atoms with Crippen LogP contribution >= 0.6 is 0 Å². The lowest BCUT2D eigenvalue weighted by Crippen LogP contribution is -2.46. The molecule has 4 heteroatoms. The van der Waals surface area contributed by atoms with Gasteiger partial charge < -0.3 is 0 Å². The van der Waals surface area contributed by atoms with E-state index >= 15 is 0 Å². The third-order valence-corrected chi connectivity index (χ3v) is 10.1. The quantitative estimate of drug-likeness (QED) is 0.389. The lowest BCUT2D eigenvalue weighted by Gasteiger charge is -2.37. The van der Waals surface area contributed by atoms with Crippen LogP contribution in [-0.4, -0.2) is 72.0 Å². The van der Waals surface area contributed by atoms with Crippen molar-refractivity contribution in [3.05, 3.63) is 105 Å². The third-order valence-electron chi connectivity index (χ3n) is 10.1. The summed E-state index contributed by atoms with van der Waals surface area (Å²) in [5.41, 5.74) is 13.5. The highest BCUT2D eigenvalue weighted by atomic mass is 15.3. The van der Waals surface area contributed by atoms with Crippen LogP contribution in [0, 0.1) is 0 Å². The van der Waals surface area contributed by atoms with E-state index in [1.165, 1.54) is 115 Å². The highest BCUT2D eigenvalue weighted by Crippen LogP contribution is 2.40. The second-order valence-electron chi connectivity index (χ2n) is 12.7. The fourth-order valence-corrected chi connectivity index (χ4v) is 7.91. The van der Waals surface area contributed by atoms with Crippen LogP contribution in [0.2, 0.25) is 0 Å². The average molecular weight is 535 g/mol. The minimum Gasteiger partial charge on any atom is -0.297 e. The summed E-state index contributed by atoms with van der Waals surface area (Å²) < 4.78 is 0. The van der Waals surface area contributed by atoms with Crippen LogP contribution in [0.15, 0.2) is 60.7 Å². The van der Waals surface area contributed by atoms with Gasteiger partial charge >= 0.3 is 0 Å². The Hall–Kier alpha value is -2.50. The lowest BCUT2D eigenvalue weighted by molar-refractivity contribution is 0.120. The Labute approximate surface area is 241 Å². The smallest absolute Gasteiger partial charge is 0.0240 e. The number of hydrogen-bond acceptors (Lipinski definition) is 4. The van der Waals surface area contributed by atoms with Crippen molar-refractivity contribution in [2.24, 2.45) is 0 Å². The van der Waals surface area contributed by atoms with Crippen molar-refractivity contribution in [2.75, 3.05) is 52.4 Å². The van der Waals surface area contributed by atoms with Gasteiger partial charge in [0.25, 0.3) is 0 Å². The van der Waals surface area contributed by atoms with E-state index in [0.717, 1.165) is 13.1 Å². The maximum Gasteiger partial charge on any atom is 0.0240 e. The fraction of sp³-hybridized carbons (Fsp3) is 0.500. The van der Waals surface area contributed by atoms with Crippen molar-refractivity contribution in [2.45, 2.75) is 64.7 Å². The maximum absolute atomic E-state index is 2.76. The second-order valence-corrected chi connectivity index (χ2v) is 12.7. The summed E-state index contributed by atoms with van der Waals surface area (Å²) in [5.74, 6) is 0. The zero-order valence-electron chi connectivity index (χ0n) is 24.3. The van der Waals surface area contributed by atoms with Gasteiger partial charge in [0.15, 0.2) is 0 Å². The largest absolute Gasteiger partial charge is 0.297 e. The molecule has 7 rings (SSSR count). The average Bonchev–Trinajstić information content (AvgIpc) is 3.69. The van der Waals surface area contributed by atoms with Crippen molar-refractivity contribution >= 4 is 0 Å². The molecule has 2 heterocycles. The highest BCUT2D eigenvalue weighted by Gasteiger charge is 2.31. The number of benzene rings is 3. The molecule has 0 spiro atoms. The van der Waals surface area contributed by atoms with Gasteiger partial charge in [0.1, 0.15) is 0 Å². The van der Waals surface area contributed by atoms with Gasteiger partial charge in [-0.1, -0.05) is 60.7 Å². The minimum absolute atomic E-state index is 1.09. The summed E-state index contributed by atoms with van der Waals surface area (Å²) in [7, 11) is 0. The number of hydrogen-bond donors (Lipinski definition) is 0. The van der Waals surface area contributed by atoms with E-state index in [9.17, 15) is 0 Å². The van der Waals surface area contributed by atoms with E-state index < -0.39 is 0 Å². The van der Waals surface area contributed by atoms with Gasteiger partial charge in [0.2, 0.25) is 0 Å². The number of nitrogens with zero attached hydrogens (tertiary/aromatic N) is 4. The number of rotatable bonds is 8. The maximum atomic E-state index is 2.76. The molecule has 0 aromatic heterocycles. The molecule has 0 radical (unpaired) electrons. The molecule has 0 unspecified atom stereocenters. The molecule has 3 aromatic rings. The van der Waals surface area contributed by atoms with Crippen molar-refractivity contribution < 1.29 is 0 Å². The van der Waals surface area contributed by atoms with Crippen LogP contribution in [0.1, 0.15) is 57.3 Å². The molecule has 0 N–H and O–H groups in total. The molecule has 4 aliphatic rings. The highest BCUT2D eigenvalue weighted by molar-refractivity contribution is 5.55. The summed E-state index contributed by atoms with van der Waals surface area (Å²) in [6.45, 7) is 14.1. The molecular weight excluding hydrogens is 488 g/mol. The van der Waals surface area contributed by atoms with Crippen LogP contribution in [0.25, 0.3) is 0 Å². The first kappa shape index (κ1) is 26.4. The molecule has 2 fully saturated rings. The van der Waals surface area contributed by atoms with Crippen molar-refractivity contribution in [1.29, 1.82) is 0 Å². The fourth-order valence-electron chi connectivity index (χ4n) is 7.91. The van der Waals surface area contributed by atoms with Gasteiger partial charge in [-0.2, -0.15) is 0 Å². The standard InChI is InChI=1S/C36H46N4/c1-3-9-29(10-4-1)25-37-17-21-39(22-18-37)27-35-31-13-7-15-33(31)36(34-16-8-14-32(34)35)28-40-23-19-38(20-24-40)26-30-11-5-2-6-12-30/h1-6,9-12H,7-8,13-28H2. The Kier molecular flexibility index (Phi) is 8.03. The predicted molar refractivity (Wildman–Crippen MR) is 164 cm³/mol. The molecule has 210 valence electrons. The molecule has 0 bridgehead atoms. The molecule has 3 aromatic carbocycles. The van der Waals surface area contributed by atoms with Gasteiger partial charge in [-0.3, -0.25) is 19.6 Å². The second kappa shape index (κ2) is 12.2. The first-order valence-corrected chi connectivity index (χ1v) is 15.9. The van der Waals surface area contributed by atoms with Gasteiger partial charge in [-0.25, -0.2) is 0 Å². The third kappa shape index (κ3) is 5.78. The molecule has 0 amide bonds. The van der Waals surface area contributed by atoms with Crippen LogP contribution in [0.4, 0.5) is 0 Å². The van der Waals surface area contributed by atoms with E-state index in [1.54, 1.807) is 33.4 Å². The molecule has 0 saturated carbocycles. The van der Waals surface area contributed by atoms with Crippen LogP contribution in [-0.2, 0) is 51.9 Å². The Morgan fingerprint density at radius 1 is 0.375 bits per heavy atom. The summed E-state index contributed by atoms with van der Waals surface area (Å²) in [6.07, 6.45) is 7.95. The lowest BCUT2D eigenvalue weighted by atomic mass is 9.88. The molecule has 2 aliphatic heterocycles. The Bertz CT molecular complexity index is 1140. The monoisotopic (exact) mass is 534 g/mol. The summed E-state index contributed by atoms with van der Waals surface area (Å²) in [4.78, 5) is 10.8. The van der Waals surface area contributed by atoms with E-state index in [-0.39, 0.29) is 0 Å². The molecule has 0 atom stereocenters. The number of fused-ring (bicyclic) bond motifs is 2. The molecule has 2 aliphatic carbocycles. The Morgan fingerprint density at radius 2 is 0.675 bits per heavy atom. The minimum atomic E-state index is 1.09. The topological polar surface area (TPSA) is 13.0 Å². The molecule has 2 saturated heterocycles. The normalized spacial score (nSPS) is 20.6. The number of piperazine rings is 2. The zero-order chi connectivity index (χ0) is 26.7. The SMILES string of the molecule is c1ccc(CN2CCN(Cc3c4c(c(CN5CCN(Cc6ccccc6)CC5)c5c3CCC5)CCC4)CC2)cc1. The zero-order valence-corrected chi connectivity index (χ0v) is 24.3. The van der Waals surface area contributed by atoms with Gasteiger partial charge in [-0.05, 0) is 83.0 Å². The van der Waals surface area contributed by atoms with Crippen LogP contribution < -0.4 is 0 Å². The molecule has 40 heavy (non-hydrogen) atoms. The van der Waals surface area contributed by atoms with E-state index in [1.807, 2.05) is 0 Å². The molecule has 4 nitrogen and oxygen atoms in total. The summed E-state index contributed by atoms with van der Waals surface area (Å²) in [5, 5.41) is 0. The Balaban J connectivity index is 1.01. The van der Waals surface area contributed by atoms with E-state index in [0.29, 0.717) is 0 Å². The first-order valence-electron chi connectivity index (χ1n) is 15.9. The van der Waals surface area contributed by atoms with E-state index in [4.69, 9.17) is 0 Å². The van der Waals surface area contributed by atoms with Crippen molar-refractivity contribution in [3.63, 3.8) is 0 Å². The molecular formula is C36H46N4. The first-order chi connectivity index (χ1) is 19.8. The Morgan fingerprint density at radius 3 is 1.00 bits per heavy atom. The van der Waals surface area contributed by atoms with Gasteiger partial charge in [0.05, 0.1) is 0 Å².